The summed E-state index contributed by atoms with van der Waals surface area (Å²) in [4.78, 5) is 14.2. The Bertz CT molecular complexity index is 673. The SMILES string of the molecule is CC(c1ccccc1O)N(C)C(=O)c1cc(Br)ccc1Br. The van der Waals surface area contributed by atoms with E-state index in [-0.39, 0.29) is 17.7 Å². The first kappa shape index (κ1) is 16.0. The van der Waals surface area contributed by atoms with Crippen LogP contribution in [0.25, 0.3) is 0 Å². The van der Waals surface area contributed by atoms with E-state index in [1.54, 1.807) is 30.1 Å². The molecule has 1 N–H and O–H groups in total. The molecule has 1 amide bonds. The number of hydrogen-bond donors (Lipinski definition) is 1. The summed E-state index contributed by atoms with van der Waals surface area (Å²) in [6.07, 6.45) is 0. The minimum atomic E-state index is -0.232. The maximum atomic E-state index is 12.6. The zero-order chi connectivity index (χ0) is 15.6. The van der Waals surface area contributed by atoms with Crippen molar-refractivity contribution in [2.45, 2.75) is 13.0 Å². The third kappa shape index (κ3) is 3.47. The zero-order valence-corrected chi connectivity index (χ0v) is 14.8. The monoisotopic (exact) mass is 411 g/mol. The minimum absolute atomic E-state index is 0.112. The van der Waals surface area contributed by atoms with Gasteiger partial charge in [-0.05, 0) is 47.1 Å². The Balaban J connectivity index is 2.31. The Labute approximate surface area is 140 Å². The van der Waals surface area contributed by atoms with E-state index >= 15 is 0 Å². The smallest absolute Gasteiger partial charge is 0.255 e. The van der Waals surface area contributed by atoms with Gasteiger partial charge >= 0.3 is 0 Å². The second-order valence-electron chi connectivity index (χ2n) is 4.78. The number of carbonyl (C=O) groups excluding carboxylic acids is 1. The van der Waals surface area contributed by atoms with Gasteiger partial charge in [0.1, 0.15) is 5.75 Å². The van der Waals surface area contributed by atoms with Crippen LogP contribution in [0.5, 0.6) is 5.75 Å². The van der Waals surface area contributed by atoms with Gasteiger partial charge in [0.2, 0.25) is 0 Å². The van der Waals surface area contributed by atoms with Crippen LogP contribution in [0.4, 0.5) is 0 Å². The molecule has 0 saturated heterocycles. The molecule has 21 heavy (non-hydrogen) atoms. The largest absolute Gasteiger partial charge is 0.508 e. The van der Waals surface area contributed by atoms with Crippen LogP contribution in [-0.4, -0.2) is 23.0 Å². The van der Waals surface area contributed by atoms with Gasteiger partial charge in [0.05, 0.1) is 11.6 Å². The first-order chi connectivity index (χ1) is 9.91. The van der Waals surface area contributed by atoms with Crippen molar-refractivity contribution in [1.29, 1.82) is 0 Å². The van der Waals surface area contributed by atoms with Gasteiger partial charge in [0, 0.05) is 21.6 Å². The number of amides is 1. The number of hydrogen-bond acceptors (Lipinski definition) is 2. The molecule has 0 spiro atoms. The van der Waals surface area contributed by atoms with Crippen molar-refractivity contribution in [3.05, 3.63) is 62.5 Å². The molecule has 3 nitrogen and oxygen atoms in total. The molecule has 0 bridgehead atoms. The second kappa shape index (κ2) is 6.62. The Morgan fingerprint density at radius 3 is 2.52 bits per heavy atom. The summed E-state index contributed by atoms with van der Waals surface area (Å²) in [6.45, 7) is 1.89. The molecule has 0 saturated carbocycles. The summed E-state index contributed by atoms with van der Waals surface area (Å²) in [6, 6.07) is 12.3. The fourth-order valence-corrected chi connectivity index (χ4v) is 2.85. The molecule has 0 radical (unpaired) electrons. The van der Waals surface area contributed by atoms with Crippen LogP contribution in [0.2, 0.25) is 0 Å². The van der Waals surface area contributed by atoms with Crippen LogP contribution < -0.4 is 0 Å². The molecular weight excluding hydrogens is 398 g/mol. The molecule has 0 aliphatic heterocycles. The second-order valence-corrected chi connectivity index (χ2v) is 6.55. The standard InChI is InChI=1S/C16H15Br2NO2/c1-10(12-5-3-4-6-15(12)20)19(2)16(21)13-9-11(17)7-8-14(13)18/h3-10,20H,1-2H3. The lowest BCUT2D eigenvalue weighted by Crippen LogP contribution is -2.30. The van der Waals surface area contributed by atoms with Crippen molar-refractivity contribution in [1.82, 2.24) is 4.90 Å². The predicted molar refractivity (Wildman–Crippen MR) is 90.5 cm³/mol. The zero-order valence-electron chi connectivity index (χ0n) is 11.7. The molecule has 5 heteroatoms. The molecule has 110 valence electrons. The van der Waals surface area contributed by atoms with E-state index in [9.17, 15) is 9.90 Å². The van der Waals surface area contributed by atoms with Crippen molar-refractivity contribution < 1.29 is 9.90 Å². The van der Waals surface area contributed by atoms with Crippen molar-refractivity contribution in [2.24, 2.45) is 0 Å². The fraction of sp³-hybridized carbons (Fsp3) is 0.188. The maximum Gasteiger partial charge on any atom is 0.255 e. The summed E-state index contributed by atoms with van der Waals surface area (Å²) in [5, 5.41) is 9.93. The highest BCUT2D eigenvalue weighted by Crippen LogP contribution is 2.30. The normalized spacial score (nSPS) is 12.0. The van der Waals surface area contributed by atoms with Crippen LogP contribution in [-0.2, 0) is 0 Å². The lowest BCUT2D eigenvalue weighted by atomic mass is 10.1. The van der Waals surface area contributed by atoms with Crippen LogP contribution in [0.3, 0.4) is 0 Å². The van der Waals surface area contributed by atoms with Crippen LogP contribution in [0.1, 0.15) is 28.9 Å². The van der Waals surface area contributed by atoms with E-state index in [2.05, 4.69) is 31.9 Å². The third-order valence-electron chi connectivity index (χ3n) is 3.45. The Morgan fingerprint density at radius 1 is 1.19 bits per heavy atom. The molecule has 2 aromatic carbocycles. The van der Waals surface area contributed by atoms with Gasteiger partial charge < -0.3 is 10.0 Å². The van der Waals surface area contributed by atoms with E-state index < -0.39 is 0 Å². The highest BCUT2D eigenvalue weighted by atomic mass is 79.9. The average Bonchev–Trinajstić information content (AvgIpc) is 2.48. The Morgan fingerprint density at radius 2 is 1.86 bits per heavy atom. The molecule has 0 aliphatic rings. The molecule has 2 aromatic rings. The fourth-order valence-electron chi connectivity index (χ4n) is 2.08. The van der Waals surface area contributed by atoms with E-state index in [1.807, 2.05) is 31.2 Å². The predicted octanol–water partition coefficient (Wildman–Crippen LogP) is 4.75. The molecule has 0 aliphatic carbocycles. The topological polar surface area (TPSA) is 40.5 Å². The molecule has 0 aromatic heterocycles. The average molecular weight is 413 g/mol. The van der Waals surface area contributed by atoms with E-state index in [0.717, 1.165) is 14.5 Å². The van der Waals surface area contributed by atoms with E-state index in [0.29, 0.717) is 5.56 Å². The Hall–Kier alpha value is -1.33. The van der Waals surface area contributed by atoms with Crippen molar-refractivity contribution >= 4 is 37.8 Å². The molecule has 1 atom stereocenters. The highest BCUT2D eigenvalue weighted by Gasteiger charge is 2.22. The number of phenolic OH excluding ortho intramolecular Hbond substituents is 1. The number of nitrogens with zero attached hydrogens (tertiary/aromatic N) is 1. The van der Waals surface area contributed by atoms with Gasteiger partial charge in [0.25, 0.3) is 5.91 Å². The lowest BCUT2D eigenvalue weighted by molar-refractivity contribution is 0.0740. The first-order valence-corrected chi connectivity index (χ1v) is 8.00. The number of carbonyl (C=O) groups is 1. The van der Waals surface area contributed by atoms with E-state index in [1.165, 1.54) is 0 Å². The number of phenols is 1. The number of benzene rings is 2. The Kier molecular flexibility index (Phi) is 5.06. The number of rotatable bonds is 3. The van der Waals surface area contributed by atoms with Crippen molar-refractivity contribution in [3.63, 3.8) is 0 Å². The van der Waals surface area contributed by atoms with Gasteiger partial charge in [-0.2, -0.15) is 0 Å². The summed E-state index contributed by atoms with van der Waals surface area (Å²) in [5.74, 6) is 0.0804. The molecule has 0 heterocycles. The number of aromatic hydroxyl groups is 1. The van der Waals surface area contributed by atoms with Gasteiger partial charge in [-0.3, -0.25) is 4.79 Å². The summed E-state index contributed by atoms with van der Waals surface area (Å²) < 4.78 is 1.59. The van der Waals surface area contributed by atoms with Gasteiger partial charge in [0.15, 0.2) is 0 Å². The van der Waals surface area contributed by atoms with Crippen LogP contribution in [0, 0.1) is 0 Å². The summed E-state index contributed by atoms with van der Waals surface area (Å²) in [7, 11) is 1.73. The van der Waals surface area contributed by atoms with Gasteiger partial charge in [-0.25, -0.2) is 0 Å². The van der Waals surface area contributed by atoms with Gasteiger partial charge in [-0.1, -0.05) is 34.1 Å². The summed E-state index contributed by atoms with van der Waals surface area (Å²) in [5.41, 5.74) is 1.30. The third-order valence-corrected chi connectivity index (χ3v) is 4.63. The van der Waals surface area contributed by atoms with Gasteiger partial charge in [-0.15, -0.1) is 0 Å². The van der Waals surface area contributed by atoms with Crippen LogP contribution in [0.15, 0.2) is 51.4 Å². The number of halogens is 2. The quantitative estimate of drug-likeness (QED) is 0.789. The highest BCUT2D eigenvalue weighted by molar-refractivity contribution is 9.11. The van der Waals surface area contributed by atoms with E-state index in [4.69, 9.17) is 0 Å². The molecular formula is C16H15Br2NO2. The first-order valence-electron chi connectivity index (χ1n) is 6.42. The molecule has 1 unspecified atom stereocenters. The molecule has 2 rings (SSSR count). The summed E-state index contributed by atoms with van der Waals surface area (Å²) >= 11 is 6.78. The number of para-hydroxylation sites is 1. The van der Waals surface area contributed by atoms with Crippen molar-refractivity contribution in [3.8, 4) is 5.75 Å². The molecule has 0 fully saturated rings. The lowest BCUT2D eigenvalue weighted by Gasteiger charge is -2.26. The minimum Gasteiger partial charge on any atom is -0.508 e. The van der Waals surface area contributed by atoms with Crippen molar-refractivity contribution in [2.75, 3.05) is 7.05 Å². The maximum absolute atomic E-state index is 12.6. The van der Waals surface area contributed by atoms with Crippen LogP contribution >= 0.6 is 31.9 Å².